The Hall–Kier alpha value is -4.26. The average Bonchev–Trinajstić information content (AvgIpc) is 2.97. The zero-order valence-corrected chi connectivity index (χ0v) is 23.0. The Morgan fingerprint density at radius 3 is 2.30 bits per heavy atom. The van der Waals surface area contributed by atoms with E-state index in [1.807, 2.05) is 24.3 Å². The molecule has 0 aliphatic carbocycles. The van der Waals surface area contributed by atoms with Gasteiger partial charge in [-0.3, -0.25) is 9.59 Å². The number of rotatable bonds is 13. The molecule has 0 radical (unpaired) electrons. The highest BCUT2D eigenvalue weighted by molar-refractivity contribution is 5.87. The van der Waals surface area contributed by atoms with Gasteiger partial charge >= 0.3 is 5.97 Å². The summed E-state index contributed by atoms with van der Waals surface area (Å²) in [5.74, 6) is -0.378. The summed E-state index contributed by atoms with van der Waals surface area (Å²) in [7, 11) is 1.31. The van der Waals surface area contributed by atoms with Crippen LogP contribution in [0.3, 0.4) is 0 Å². The first-order valence-corrected chi connectivity index (χ1v) is 13.8. The molecule has 7 heteroatoms. The third kappa shape index (κ3) is 6.84. The topological polar surface area (TPSA) is 106 Å². The van der Waals surface area contributed by atoms with Crippen LogP contribution in [0.2, 0.25) is 0 Å². The lowest BCUT2D eigenvalue weighted by molar-refractivity contribution is -0.140. The Morgan fingerprint density at radius 2 is 1.60 bits per heavy atom. The van der Waals surface area contributed by atoms with Gasteiger partial charge in [0.25, 0.3) is 0 Å². The molecule has 0 amide bonds. The minimum absolute atomic E-state index is 0.0649. The molecule has 3 aromatic carbocycles. The molecule has 1 heterocycles. The molecule has 1 aromatic heterocycles. The summed E-state index contributed by atoms with van der Waals surface area (Å²) in [4.78, 5) is 25.9. The van der Waals surface area contributed by atoms with Crippen LogP contribution in [0.25, 0.3) is 22.1 Å². The van der Waals surface area contributed by atoms with Crippen molar-refractivity contribution in [1.29, 1.82) is 0 Å². The van der Waals surface area contributed by atoms with Crippen molar-refractivity contribution in [2.24, 2.45) is 0 Å². The first kappa shape index (κ1) is 28.7. The van der Waals surface area contributed by atoms with Crippen molar-refractivity contribution in [1.82, 2.24) is 0 Å². The summed E-state index contributed by atoms with van der Waals surface area (Å²) in [6.07, 6.45) is 8.37. The number of methoxy groups -OCH3 is 1. The SMILES string of the molecule is CCCCCCCCOc1ccc(C(CC(=O)OC)c2c(O)ccc3c(=O)c(-c4ccc(O)cc4)coc23)cc1. The summed E-state index contributed by atoms with van der Waals surface area (Å²) in [5, 5.41) is 20.8. The van der Waals surface area contributed by atoms with Crippen LogP contribution in [-0.2, 0) is 9.53 Å². The number of phenols is 2. The molecule has 0 saturated heterocycles. The van der Waals surface area contributed by atoms with E-state index < -0.39 is 11.9 Å². The van der Waals surface area contributed by atoms with E-state index in [2.05, 4.69) is 6.92 Å². The van der Waals surface area contributed by atoms with E-state index in [9.17, 15) is 19.8 Å². The molecular weight excluding hydrogens is 508 g/mol. The molecule has 0 aliphatic rings. The number of carbonyl (C=O) groups is 1. The van der Waals surface area contributed by atoms with Crippen LogP contribution in [0.4, 0.5) is 0 Å². The molecule has 210 valence electrons. The number of benzene rings is 3. The molecule has 0 aliphatic heterocycles. The highest BCUT2D eigenvalue weighted by Crippen LogP contribution is 2.40. The second-order valence-corrected chi connectivity index (χ2v) is 9.92. The Labute approximate surface area is 234 Å². The number of hydrogen-bond donors (Lipinski definition) is 2. The van der Waals surface area contributed by atoms with Crippen LogP contribution < -0.4 is 10.2 Å². The van der Waals surface area contributed by atoms with E-state index in [-0.39, 0.29) is 34.3 Å². The fraction of sp³-hybridized carbons (Fsp3) is 0.333. The highest BCUT2D eigenvalue weighted by atomic mass is 16.5. The number of carbonyl (C=O) groups excluding carboxylic acids is 1. The molecule has 1 unspecified atom stereocenters. The van der Waals surface area contributed by atoms with Gasteiger partial charge in [-0.2, -0.15) is 0 Å². The van der Waals surface area contributed by atoms with Crippen LogP contribution in [0.1, 0.15) is 68.9 Å². The van der Waals surface area contributed by atoms with E-state index in [1.165, 1.54) is 63.3 Å². The monoisotopic (exact) mass is 544 g/mol. The van der Waals surface area contributed by atoms with Crippen molar-refractivity contribution in [3.05, 3.63) is 88.3 Å². The highest BCUT2D eigenvalue weighted by Gasteiger charge is 2.26. The van der Waals surface area contributed by atoms with Gasteiger partial charge < -0.3 is 24.1 Å². The second kappa shape index (κ2) is 13.7. The largest absolute Gasteiger partial charge is 0.508 e. The van der Waals surface area contributed by atoms with Crippen molar-refractivity contribution < 1.29 is 28.9 Å². The predicted octanol–water partition coefficient (Wildman–Crippen LogP) is 7.31. The Bertz CT molecular complexity index is 1470. The maximum absolute atomic E-state index is 13.4. The Kier molecular flexibility index (Phi) is 9.84. The van der Waals surface area contributed by atoms with Crippen molar-refractivity contribution in [3.8, 4) is 28.4 Å². The first-order chi connectivity index (χ1) is 19.4. The molecule has 7 nitrogen and oxygen atoms in total. The lowest BCUT2D eigenvalue weighted by atomic mass is 9.86. The minimum atomic E-state index is -0.633. The van der Waals surface area contributed by atoms with E-state index in [0.29, 0.717) is 23.3 Å². The summed E-state index contributed by atoms with van der Waals surface area (Å²) in [6, 6.07) is 16.6. The zero-order valence-electron chi connectivity index (χ0n) is 23.0. The van der Waals surface area contributed by atoms with Crippen molar-refractivity contribution in [2.45, 2.75) is 57.8 Å². The lowest BCUT2D eigenvalue weighted by Gasteiger charge is -2.20. The predicted molar refractivity (Wildman–Crippen MR) is 155 cm³/mol. The van der Waals surface area contributed by atoms with Gasteiger partial charge in [0.2, 0.25) is 5.43 Å². The van der Waals surface area contributed by atoms with E-state index >= 15 is 0 Å². The molecule has 0 spiro atoms. The third-order valence-electron chi connectivity index (χ3n) is 7.13. The molecule has 40 heavy (non-hydrogen) atoms. The maximum atomic E-state index is 13.4. The second-order valence-electron chi connectivity index (χ2n) is 9.92. The number of esters is 1. The summed E-state index contributed by atoms with van der Waals surface area (Å²) in [5.41, 5.74) is 1.89. The Morgan fingerprint density at radius 1 is 0.900 bits per heavy atom. The van der Waals surface area contributed by atoms with Gasteiger partial charge in [-0.15, -0.1) is 0 Å². The molecule has 0 fully saturated rings. The normalized spacial score (nSPS) is 11.8. The zero-order chi connectivity index (χ0) is 28.5. The number of fused-ring (bicyclic) bond motifs is 1. The van der Waals surface area contributed by atoms with Crippen molar-refractivity contribution in [3.63, 3.8) is 0 Å². The van der Waals surface area contributed by atoms with Crippen molar-refractivity contribution in [2.75, 3.05) is 13.7 Å². The molecule has 0 saturated carbocycles. The van der Waals surface area contributed by atoms with Crippen LogP contribution in [0.15, 0.2) is 76.1 Å². The standard InChI is InChI=1S/C33H36O7/c1-3-4-5-6-7-8-19-39-25-15-11-22(12-16-25)27(20-30(36)38-2)31-29(35)18-17-26-32(37)28(21-40-33(26)31)23-9-13-24(34)14-10-23/h9-18,21,27,34-35H,3-8,19-20H2,1-2H3. The first-order valence-electron chi connectivity index (χ1n) is 13.8. The van der Waals surface area contributed by atoms with Gasteiger partial charge in [0.05, 0.1) is 31.1 Å². The van der Waals surface area contributed by atoms with E-state index in [0.717, 1.165) is 24.2 Å². The van der Waals surface area contributed by atoms with Crippen molar-refractivity contribution >= 4 is 16.9 Å². The molecule has 1 atom stereocenters. The lowest BCUT2D eigenvalue weighted by Crippen LogP contribution is -2.12. The van der Waals surface area contributed by atoms with Crippen LogP contribution in [0.5, 0.6) is 17.2 Å². The fourth-order valence-electron chi connectivity index (χ4n) is 4.89. The number of ether oxygens (including phenoxy) is 2. The molecule has 2 N–H and O–H groups in total. The smallest absolute Gasteiger partial charge is 0.306 e. The van der Waals surface area contributed by atoms with Gasteiger partial charge in [-0.1, -0.05) is 63.3 Å². The van der Waals surface area contributed by atoms with Gasteiger partial charge in [-0.25, -0.2) is 0 Å². The fourth-order valence-corrected chi connectivity index (χ4v) is 4.89. The third-order valence-corrected chi connectivity index (χ3v) is 7.13. The Balaban J connectivity index is 1.63. The van der Waals surface area contributed by atoms with Crippen LogP contribution >= 0.6 is 0 Å². The van der Waals surface area contributed by atoms with Gasteiger partial charge in [-0.05, 0) is 53.9 Å². The number of unbranched alkanes of at least 4 members (excludes halogenated alkanes) is 5. The minimum Gasteiger partial charge on any atom is -0.508 e. The van der Waals surface area contributed by atoms with E-state index in [4.69, 9.17) is 13.9 Å². The van der Waals surface area contributed by atoms with E-state index in [1.54, 1.807) is 12.1 Å². The van der Waals surface area contributed by atoms with Crippen LogP contribution in [0, 0.1) is 0 Å². The number of aromatic hydroxyl groups is 2. The number of phenolic OH excluding ortho intramolecular Hbond substituents is 2. The van der Waals surface area contributed by atoms with Gasteiger partial charge in [0.1, 0.15) is 29.1 Å². The number of hydrogen-bond acceptors (Lipinski definition) is 7. The molecular formula is C33H36O7. The summed E-state index contributed by atoms with van der Waals surface area (Å²) in [6.45, 7) is 2.84. The average molecular weight is 545 g/mol. The van der Waals surface area contributed by atoms with Crippen LogP contribution in [-0.4, -0.2) is 29.9 Å². The maximum Gasteiger partial charge on any atom is 0.306 e. The molecule has 4 aromatic rings. The summed E-state index contributed by atoms with van der Waals surface area (Å²) >= 11 is 0. The summed E-state index contributed by atoms with van der Waals surface area (Å²) < 4.78 is 16.8. The molecule has 4 rings (SSSR count). The van der Waals surface area contributed by atoms with Gasteiger partial charge in [0, 0.05) is 11.5 Å². The molecule has 0 bridgehead atoms. The quantitative estimate of drug-likeness (QED) is 0.134. The van der Waals surface area contributed by atoms with Gasteiger partial charge in [0.15, 0.2) is 0 Å².